The summed E-state index contributed by atoms with van der Waals surface area (Å²) in [5.41, 5.74) is 1.14. The molecule has 7 atom stereocenters. The van der Waals surface area contributed by atoms with Gasteiger partial charge in [-0.3, -0.25) is 38.4 Å². The molecule has 7 amide bonds. The number of carboxylic acids is 1. The minimum Gasteiger partial charge on any atom is -0.508 e. The average Bonchev–Trinajstić information content (AvgIpc) is 3.13. The normalized spacial score (nSPS) is 24.1. The fraction of sp³-hybridized carbons (Fsp3) is 0.487. The van der Waals surface area contributed by atoms with Crippen molar-refractivity contribution < 1.29 is 53.7 Å². The molecule has 10 N–H and O–H groups in total. The maximum atomic E-state index is 14.1. The molecule has 57 heavy (non-hydrogen) atoms. The van der Waals surface area contributed by atoms with Crippen molar-refractivity contribution in [2.24, 2.45) is 11.8 Å². The van der Waals surface area contributed by atoms with Crippen LogP contribution in [0, 0.1) is 11.8 Å². The monoisotopic (exact) mass is 795 g/mol. The van der Waals surface area contributed by atoms with Gasteiger partial charge in [-0.2, -0.15) is 0 Å². The van der Waals surface area contributed by atoms with Gasteiger partial charge in [0.15, 0.2) is 0 Å². The van der Waals surface area contributed by atoms with E-state index < -0.39 is 109 Å². The van der Waals surface area contributed by atoms with E-state index in [1.807, 2.05) is 0 Å². The Balaban J connectivity index is 2.11. The predicted octanol–water partition coefficient (Wildman–Crippen LogP) is -1.23. The highest BCUT2D eigenvalue weighted by atomic mass is 16.4. The first-order valence-corrected chi connectivity index (χ1v) is 18.6. The Hall–Kier alpha value is -6.04. The topological polar surface area (TPSA) is 281 Å². The number of hydrogen-bond acceptors (Lipinski definition) is 10. The molecule has 18 nitrogen and oxygen atoms in total. The first kappa shape index (κ1) is 45.4. The van der Waals surface area contributed by atoms with Crippen LogP contribution in [0.25, 0.3) is 0 Å². The molecule has 0 radical (unpaired) electrons. The second-order valence-corrected chi connectivity index (χ2v) is 14.8. The molecule has 2 aromatic rings. The highest BCUT2D eigenvalue weighted by Gasteiger charge is 2.36. The molecule has 1 fully saturated rings. The van der Waals surface area contributed by atoms with Crippen LogP contribution in [0.2, 0.25) is 0 Å². The van der Waals surface area contributed by atoms with Gasteiger partial charge in [0.25, 0.3) is 0 Å². The molecule has 0 unspecified atom stereocenters. The average molecular weight is 796 g/mol. The van der Waals surface area contributed by atoms with Gasteiger partial charge in [0, 0.05) is 12.8 Å². The number of phenols is 1. The van der Waals surface area contributed by atoms with Crippen molar-refractivity contribution in [3.63, 3.8) is 0 Å². The van der Waals surface area contributed by atoms with Crippen LogP contribution in [0.4, 0.5) is 0 Å². The van der Waals surface area contributed by atoms with Gasteiger partial charge in [-0.15, -0.1) is 0 Å². The first-order chi connectivity index (χ1) is 26.8. The third kappa shape index (κ3) is 14.5. The van der Waals surface area contributed by atoms with E-state index in [1.54, 1.807) is 58.0 Å². The number of phenolic OH excluding ortho intramolecular Hbond substituents is 1. The molecule has 1 heterocycles. The number of hydrogen-bond donors (Lipinski definition) is 10. The van der Waals surface area contributed by atoms with Crippen LogP contribution in [0.15, 0.2) is 54.6 Å². The zero-order chi connectivity index (χ0) is 42.4. The fourth-order valence-electron chi connectivity index (χ4n) is 6.00. The second-order valence-electron chi connectivity index (χ2n) is 14.8. The van der Waals surface area contributed by atoms with Gasteiger partial charge in [0.1, 0.15) is 42.0 Å². The lowest BCUT2D eigenvalue weighted by molar-refractivity contribution is -0.141. The summed E-state index contributed by atoms with van der Waals surface area (Å²) in [5.74, 6) is -8.69. The molecule has 0 aliphatic carbocycles. The zero-order valence-electron chi connectivity index (χ0n) is 32.5. The van der Waals surface area contributed by atoms with Gasteiger partial charge >= 0.3 is 5.97 Å². The highest BCUT2D eigenvalue weighted by Crippen LogP contribution is 2.14. The standard InChI is InChI=1S/C39H53N7O11/c1-20(2)15-26-37(55)46-33(22(5)47)39(57)45-32(21(3)4)38(56)44-28(17-24-11-13-25(48)14-12-24)35(53)43-27(16-23-9-7-6-8-10-23)34(52)40-19-30(49)41-29(18-31(50)51)36(54)42-26/h6-14,20-22,26-29,32-33,47-48H,15-19H2,1-5H3,(H,40,52)(H,41,49)(H,42,54)(H,43,53)(H,44,56)(H,45,57)(H,46,55)(H,50,51)/t22-,26-,27-,28-,29-,32-,33-/m0/s1. The Morgan fingerprint density at radius 1 is 0.614 bits per heavy atom. The molecule has 2 aromatic carbocycles. The zero-order valence-corrected chi connectivity index (χ0v) is 32.5. The molecule has 1 saturated heterocycles. The van der Waals surface area contributed by atoms with Crippen LogP contribution >= 0.6 is 0 Å². The van der Waals surface area contributed by atoms with E-state index in [2.05, 4.69) is 37.2 Å². The quantitative estimate of drug-likeness (QED) is 0.136. The van der Waals surface area contributed by atoms with Crippen LogP contribution in [-0.4, -0.2) is 112 Å². The molecule has 1 aliphatic heterocycles. The second kappa shape index (κ2) is 21.3. The third-order valence-electron chi connectivity index (χ3n) is 9.03. The smallest absolute Gasteiger partial charge is 0.305 e. The number of benzene rings is 2. The molecule has 3 rings (SSSR count). The number of rotatable bonds is 10. The van der Waals surface area contributed by atoms with Crippen molar-refractivity contribution in [1.29, 1.82) is 0 Å². The Kier molecular flexibility index (Phi) is 17.0. The van der Waals surface area contributed by atoms with Gasteiger partial charge in [0.05, 0.1) is 19.1 Å². The minimum absolute atomic E-state index is 0.00120. The summed E-state index contributed by atoms with van der Waals surface area (Å²) in [6.07, 6.45) is -2.60. The van der Waals surface area contributed by atoms with E-state index in [4.69, 9.17) is 0 Å². The van der Waals surface area contributed by atoms with E-state index in [0.29, 0.717) is 11.1 Å². The maximum absolute atomic E-state index is 14.1. The molecule has 0 saturated carbocycles. The summed E-state index contributed by atoms with van der Waals surface area (Å²) in [5, 5.41) is 47.4. The summed E-state index contributed by atoms with van der Waals surface area (Å²) >= 11 is 0. The first-order valence-electron chi connectivity index (χ1n) is 18.6. The van der Waals surface area contributed by atoms with E-state index >= 15 is 0 Å². The van der Waals surface area contributed by atoms with Crippen LogP contribution in [-0.2, 0) is 51.2 Å². The number of carbonyl (C=O) groups excluding carboxylic acids is 7. The lowest BCUT2D eigenvalue weighted by atomic mass is 9.99. The lowest BCUT2D eigenvalue weighted by Crippen LogP contribution is -2.62. The summed E-state index contributed by atoms with van der Waals surface area (Å²) < 4.78 is 0. The Morgan fingerprint density at radius 3 is 1.67 bits per heavy atom. The van der Waals surface area contributed by atoms with Gasteiger partial charge < -0.3 is 52.5 Å². The number of carboxylic acid groups (broad SMARTS) is 1. The van der Waals surface area contributed by atoms with E-state index in [0.717, 1.165) is 0 Å². The third-order valence-corrected chi connectivity index (χ3v) is 9.03. The Morgan fingerprint density at radius 2 is 1.11 bits per heavy atom. The highest BCUT2D eigenvalue weighted by molar-refractivity contribution is 5.98. The van der Waals surface area contributed by atoms with Crippen molar-refractivity contribution in [2.75, 3.05) is 6.54 Å². The van der Waals surface area contributed by atoms with Gasteiger partial charge in [0.2, 0.25) is 41.4 Å². The number of amides is 7. The van der Waals surface area contributed by atoms with Gasteiger partial charge in [-0.1, -0.05) is 70.2 Å². The van der Waals surface area contributed by atoms with Crippen molar-refractivity contribution in [2.45, 2.75) is 103 Å². The van der Waals surface area contributed by atoms with Crippen molar-refractivity contribution in [3.8, 4) is 5.75 Å². The molecular formula is C39H53N7O11. The van der Waals surface area contributed by atoms with E-state index in [-0.39, 0.29) is 30.9 Å². The predicted molar refractivity (Wildman–Crippen MR) is 205 cm³/mol. The summed E-state index contributed by atoms with van der Waals surface area (Å²) in [7, 11) is 0. The molecule has 0 spiro atoms. The number of aliphatic hydroxyl groups excluding tert-OH is 1. The molecular weight excluding hydrogens is 742 g/mol. The summed E-state index contributed by atoms with van der Waals surface area (Å²) in [4.78, 5) is 107. The van der Waals surface area contributed by atoms with E-state index in [9.17, 15) is 53.7 Å². The molecule has 310 valence electrons. The number of carbonyl (C=O) groups is 8. The lowest BCUT2D eigenvalue weighted by Gasteiger charge is -2.30. The van der Waals surface area contributed by atoms with Crippen molar-refractivity contribution in [3.05, 3.63) is 65.7 Å². The Bertz CT molecular complexity index is 1750. The number of aliphatic hydroxyl groups is 1. The van der Waals surface area contributed by atoms with Crippen molar-refractivity contribution >= 4 is 47.3 Å². The van der Waals surface area contributed by atoms with Crippen LogP contribution in [0.1, 0.15) is 58.6 Å². The molecule has 18 heteroatoms. The number of nitrogens with one attached hydrogen (secondary N) is 7. The van der Waals surface area contributed by atoms with Gasteiger partial charge in [-0.25, -0.2) is 0 Å². The molecule has 0 bridgehead atoms. The SMILES string of the molecule is CC(C)C[C@@H]1NC(=O)[C@H](CC(=O)O)NC(=O)CNC(=O)[C@H](Cc2ccccc2)NC(=O)[C@H](Cc2ccc(O)cc2)NC(=O)[C@H](C(C)C)NC(=O)[C@H]([C@H](C)O)NC1=O. The number of aromatic hydroxyl groups is 1. The minimum atomic E-state index is -1.70. The fourth-order valence-corrected chi connectivity index (χ4v) is 6.00. The van der Waals surface area contributed by atoms with E-state index in [1.165, 1.54) is 31.2 Å². The van der Waals surface area contributed by atoms with Gasteiger partial charge in [-0.05, 0) is 48.4 Å². The van der Waals surface area contributed by atoms with Crippen LogP contribution in [0.3, 0.4) is 0 Å². The summed E-state index contributed by atoms with van der Waals surface area (Å²) in [6.45, 7) is 7.20. The molecule has 0 aromatic heterocycles. The van der Waals surface area contributed by atoms with Crippen LogP contribution < -0.4 is 37.2 Å². The molecule has 1 aliphatic rings. The summed E-state index contributed by atoms with van der Waals surface area (Å²) in [6, 6.07) is 5.72. The van der Waals surface area contributed by atoms with Crippen molar-refractivity contribution in [1.82, 2.24) is 37.2 Å². The van der Waals surface area contributed by atoms with Crippen LogP contribution in [0.5, 0.6) is 5.75 Å². The maximum Gasteiger partial charge on any atom is 0.305 e. The Labute approximate surface area is 330 Å². The largest absolute Gasteiger partial charge is 0.508 e. The number of aliphatic carboxylic acids is 1.